The molecule has 166 valence electrons. The number of allylic oxidation sites excluding steroid dienone is 4. The molecular formula is C24H23N7O2. The molecule has 0 saturated carbocycles. The number of aliphatic imine (C=N–C) groups is 1. The van der Waals surface area contributed by atoms with E-state index in [9.17, 15) is 0 Å². The summed E-state index contributed by atoms with van der Waals surface area (Å²) in [5.41, 5.74) is 14.1. The van der Waals surface area contributed by atoms with Gasteiger partial charge in [0.2, 0.25) is 5.89 Å². The minimum absolute atomic E-state index is 0.311. The zero-order valence-electron chi connectivity index (χ0n) is 18.1. The lowest BCUT2D eigenvalue weighted by molar-refractivity contribution is 0.158. The van der Waals surface area contributed by atoms with Crippen molar-refractivity contribution in [2.24, 2.45) is 4.99 Å². The summed E-state index contributed by atoms with van der Waals surface area (Å²) in [5, 5.41) is 0. The molecule has 3 heterocycles. The van der Waals surface area contributed by atoms with Gasteiger partial charge in [0.15, 0.2) is 0 Å². The van der Waals surface area contributed by atoms with Crippen molar-refractivity contribution >= 4 is 11.4 Å². The highest BCUT2D eigenvalue weighted by molar-refractivity contribution is 6.02. The third kappa shape index (κ3) is 4.40. The first kappa shape index (κ1) is 22.0. The summed E-state index contributed by atoms with van der Waals surface area (Å²) >= 11 is 0. The van der Waals surface area contributed by atoms with Crippen LogP contribution in [0, 0.1) is 12.3 Å². The van der Waals surface area contributed by atoms with Crippen LogP contribution in [0.5, 0.6) is 0 Å². The van der Waals surface area contributed by atoms with Crippen LogP contribution in [0.4, 0.5) is 0 Å². The zero-order chi connectivity index (χ0) is 23.2. The summed E-state index contributed by atoms with van der Waals surface area (Å²) < 4.78 is 12.7. The van der Waals surface area contributed by atoms with Crippen molar-refractivity contribution in [3.05, 3.63) is 84.7 Å². The fourth-order valence-corrected chi connectivity index (χ4v) is 3.39. The normalized spacial score (nSPS) is 12.7. The lowest BCUT2D eigenvalue weighted by atomic mass is 10.1. The van der Waals surface area contributed by atoms with E-state index in [2.05, 4.69) is 45.4 Å². The molecule has 0 unspecified atom stereocenters. The van der Waals surface area contributed by atoms with Gasteiger partial charge in [0.05, 0.1) is 17.9 Å². The van der Waals surface area contributed by atoms with Crippen molar-refractivity contribution in [2.75, 3.05) is 13.8 Å². The Balaban J connectivity index is 1.75. The van der Waals surface area contributed by atoms with Gasteiger partial charge in [-0.05, 0) is 18.2 Å². The van der Waals surface area contributed by atoms with E-state index in [1.807, 2.05) is 28.8 Å². The summed E-state index contributed by atoms with van der Waals surface area (Å²) in [6.45, 7) is 8.18. The maximum Gasteiger partial charge on any atom is 0.247 e. The number of hydrogen-bond donors (Lipinski definition) is 3. The number of benzene rings is 1. The fraction of sp³-hybridized carbons (Fsp3) is 0.125. The summed E-state index contributed by atoms with van der Waals surface area (Å²) in [6.07, 6.45) is 14.1. The van der Waals surface area contributed by atoms with Crippen LogP contribution in [-0.4, -0.2) is 34.2 Å². The van der Waals surface area contributed by atoms with E-state index < -0.39 is 0 Å². The molecule has 9 nitrogen and oxygen atoms in total. The Hall–Kier alpha value is -4.23. The number of ether oxygens (including phenoxy) is 1. The second-order valence-electron chi connectivity index (χ2n) is 6.91. The SMILES string of the molecule is C#Cc1ccc2c(c1)C(NNNCOC)=NCc1c(-c3nc(/C(C=C)=C/C=C)co3)ncn1-2. The third-order valence-electron chi connectivity index (χ3n) is 4.94. The molecule has 0 amide bonds. The van der Waals surface area contributed by atoms with Crippen molar-refractivity contribution in [1.29, 1.82) is 0 Å². The predicted molar refractivity (Wildman–Crippen MR) is 127 cm³/mol. The van der Waals surface area contributed by atoms with Crippen molar-refractivity contribution in [1.82, 2.24) is 30.9 Å². The fourth-order valence-electron chi connectivity index (χ4n) is 3.39. The Kier molecular flexibility index (Phi) is 6.61. The number of nitrogens with zero attached hydrogens (tertiary/aromatic N) is 4. The van der Waals surface area contributed by atoms with Crippen molar-refractivity contribution in [3.63, 3.8) is 0 Å². The van der Waals surface area contributed by atoms with Gasteiger partial charge in [-0.2, -0.15) is 5.53 Å². The van der Waals surface area contributed by atoms with Gasteiger partial charge in [0, 0.05) is 23.8 Å². The minimum Gasteiger partial charge on any atom is -0.443 e. The highest BCUT2D eigenvalue weighted by Crippen LogP contribution is 2.30. The molecule has 33 heavy (non-hydrogen) atoms. The van der Waals surface area contributed by atoms with Crippen LogP contribution in [-0.2, 0) is 11.3 Å². The van der Waals surface area contributed by atoms with Gasteiger partial charge in [-0.15, -0.1) is 6.42 Å². The van der Waals surface area contributed by atoms with Gasteiger partial charge in [-0.3, -0.25) is 15.0 Å². The second kappa shape index (κ2) is 9.93. The first-order valence-electron chi connectivity index (χ1n) is 10.1. The van der Waals surface area contributed by atoms with Gasteiger partial charge < -0.3 is 9.15 Å². The van der Waals surface area contributed by atoms with Crippen molar-refractivity contribution < 1.29 is 9.15 Å². The number of methoxy groups -OCH3 is 1. The monoisotopic (exact) mass is 441 g/mol. The van der Waals surface area contributed by atoms with Crippen LogP contribution in [0.3, 0.4) is 0 Å². The highest BCUT2D eigenvalue weighted by Gasteiger charge is 2.24. The smallest absolute Gasteiger partial charge is 0.247 e. The average Bonchev–Trinajstić information content (AvgIpc) is 3.46. The Morgan fingerprint density at radius 3 is 3.03 bits per heavy atom. The van der Waals surface area contributed by atoms with E-state index in [4.69, 9.17) is 20.6 Å². The van der Waals surface area contributed by atoms with Gasteiger partial charge in [0.1, 0.15) is 36.5 Å². The van der Waals surface area contributed by atoms with E-state index in [0.717, 1.165) is 28.1 Å². The van der Waals surface area contributed by atoms with E-state index in [1.165, 1.54) is 0 Å². The van der Waals surface area contributed by atoms with Gasteiger partial charge in [-0.1, -0.05) is 37.3 Å². The molecule has 0 atom stereocenters. The van der Waals surface area contributed by atoms with Crippen LogP contribution in [0.1, 0.15) is 22.5 Å². The van der Waals surface area contributed by atoms with Crippen LogP contribution < -0.4 is 16.4 Å². The molecule has 1 aliphatic heterocycles. The van der Waals surface area contributed by atoms with Gasteiger partial charge in [0.25, 0.3) is 0 Å². The van der Waals surface area contributed by atoms with Crippen LogP contribution >= 0.6 is 0 Å². The first-order chi connectivity index (χ1) is 16.2. The van der Waals surface area contributed by atoms with Gasteiger partial charge in [-0.25, -0.2) is 15.4 Å². The number of imidazole rings is 1. The van der Waals surface area contributed by atoms with Crippen LogP contribution in [0.15, 0.2) is 71.6 Å². The second-order valence-corrected chi connectivity index (χ2v) is 6.91. The molecule has 1 aliphatic rings. The predicted octanol–water partition coefficient (Wildman–Crippen LogP) is 2.73. The maximum atomic E-state index is 5.75. The molecule has 4 rings (SSSR count). The van der Waals surface area contributed by atoms with Crippen molar-refractivity contribution in [2.45, 2.75) is 6.54 Å². The lowest BCUT2D eigenvalue weighted by Gasteiger charge is -2.14. The standard InChI is InChI=1S/C24H23N7O2/c1-5-8-17(7-3)19-13-33-24(28-19)22-21-12-25-23(29-30-27-15-32-4)18-11-16(6-2)9-10-20(18)31(21)14-26-22/h2,5,7-11,13-14,27,30H,1,3,12,15H2,4H3,(H,25,29)/b17-8+. The number of fused-ring (bicyclic) bond motifs is 3. The molecule has 1 aromatic carbocycles. The third-order valence-corrected chi connectivity index (χ3v) is 4.94. The number of rotatable bonds is 8. The molecule has 0 radical (unpaired) electrons. The Bertz CT molecular complexity index is 1290. The molecular weight excluding hydrogens is 418 g/mol. The van der Waals surface area contributed by atoms with E-state index in [1.54, 1.807) is 31.9 Å². The Labute approximate surface area is 191 Å². The molecule has 9 heteroatoms. The number of aromatic nitrogens is 3. The number of nitrogens with one attached hydrogen (secondary N) is 3. The first-order valence-corrected chi connectivity index (χ1v) is 10.1. The molecule has 2 aromatic heterocycles. The number of hydrazine groups is 2. The topological polar surface area (TPSA) is 102 Å². The summed E-state index contributed by atoms with van der Waals surface area (Å²) in [6, 6.07) is 5.71. The number of terminal acetylenes is 1. The van der Waals surface area contributed by atoms with Crippen LogP contribution in [0.2, 0.25) is 0 Å². The molecule has 0 saturated heterocycles. The maximum absolute atomic E-state index is 5.75. The number of oxazole rings is 1. The molecule has 0 spiro atoms. The van der Waals surface area contributed by atoms with E-state index in [0.29, 0.717) is 36.4 Å². The molecule has 0 fully saturated rings. The van der Waals surface area contributed by atoms with Crippen molar-refractivity contribution in [3.8, 4) is 29.6 Å². The number of hydrogen-bond acceptors (Lipinski definition) is 8. The lowest BCUT2D eigenvalue weighted by Crippen LogP contribution is -2.47. The molecule has 3 N–H and O–H groups in total. The summed E-state index contributed by atoms with van der Waals surface area (Å²) in [4.78, 5) is 13.9. The number of amidine groups is 1. The quantitative estimate of drug-likeness (QED) is 0.162. The molecule has 0 aliphatic carbocycles. The van der Waals surface area contributed by atoms with E-state index >= 15 is 0 Å². The minimum atomic E-state index is 0.311. The van der Waals surface area contributed by atoms with E-state index in [-0.39, 0.29) is 0 Å². The molecule has 3 aromatic rings. The van der Waals surface area contributed by atoms with Crippen LogP contribution in [0.25, 0.3) is 22.8 Å². The largest absolute Gasteiger partial charge is 0.443 e. The highest BCUT2D eigenvalue weighted by atomic mass is 16.5. The zero-order valence-corrected chi connectivity index (χ0v) is 18.1. The molecule has 0 bridgehead atoms. The average molecular weight is 441 g/mol. The summed E-state index contributed by atoms with van der Waals surface area (Å²) in [5.74, 6) is 3.67. The Morgan fingerprint density at radius 1 is 1.39 bits per heavy atom. The summed E-state index contributed by atoms with van der Waals surface area (Å²) in [7, 11) is 1.59. The van der Waals surface area contributed by atoms with Gasteiger partial charge >= 0.3 is 0 Å². The Morgan fingerprint density at radius 2 is 2.27 bits per heavy atom.